The molecule has 1 amide bonds. The van der Waals surface area contributed by atoms with Crippen molar-refractivity contribution in [1.82, 2.24) is 20.0 Å². The Balaban J connectivity index is 1.45. The van der Waals surface area contributed by atoms with E-state index >= 15 is 0 Å². The van der Waals surface area contributed by atoms with E-state index in [4.69, 9.17) is 11.6 Å². The first-order chi connectivity index (χ1) is 12.5. The minimum absolute atomic E-state index is 0.166. The van der Waals surface area contributed by atoms with Gasteiger partial charge in [0, 0.05) is 25.2 Å². The van der Waals surface area contributed by atoms with Crippen molar-refractivity contribution in [1.29, 1.82) is 0 Å². The summed E-state index contributed by atoms with van der Waals surface area (Å²) in [5.74, 6) is -0.450. The van der Waals surface area contributed by atoms with Gasteiger partial charge in [-0.3, -0.25) is 9.69 Å². The number of aryl methyl sites for hydroxylation is 1. The Bertz CT molecular complexity index is 816. The zero-order valence-electron chi connectivity index (χ0n) is 14.7. The van der Waals surface area contributed by atoms with E-state index in [1.165, 1.54) is 25.0 Å². The highest BCUT2D eigenvalue weighted by Gasteiger charge is 2.35. The van der Waals surface area contributed by atoms with Gasteiger partial charge >= 0.3 is 0 Å². The first-order valence-corrected chi connectivity index (χ1v) is 9.41. The van der Waals surface area contributed by atoms with Gasteiger partial charge in [0.05, 0.1) is 17.8 Å². The number of rotatable bonds is 5. The van der Waals surface area contributed by atoms with E-state index in [0.717, 1.165) is 31.1 Å². The number of amides is 1. The van der Waals surface area contributed by atoms with Crippen molar-refractivity contribution in [3.63, 3.8) is 0 Å². The van der Waals surface area contributed by atoms with Gasteiger partial charge in [-0.05, 0) is 43.9 Å². The molecule has 5 nitrogen and oxygen atoms in total. The van der Waals surface area contributed by atoms with Gasteiger partial charge in [0.2, 0.25) is 0 Å². The Morgan fingerprint density at radius 2 is 2.04 bits per heavy atom. The maximum absolute atomic E-state index is 13.0. The fourth-order valence-corrected chi connectivity index (χ4v) is 3.93. The van der Waals surface area contributed by atoms with Gasteiger partial charge in [0.15, 0.2) is 0 Å². The number of nitrogens with zero attached hydrogens (tertiary/aromatic N) is 3. The molecule has 1 aromatic carbocycles. The van der Waals surface area contributed by atoms with Crippen LogP contribution >= 0.6 is 11.6 Å². The van der Waals surface area contributed by atoms with Crippen LogP contribution in [-0.2, 0) is 6.54 Å². The van der Waals surface area contributed by atoms with Crippen molar-refractivity contribution in [3.8, 4) is 0 Å². The molecule has 0 radical (unpaired) electrons. The van der Waals surface area contributed by atoms with Crippen molar-refractivity contribution < 1.29 is 9.18 Å². The number of carbonyl (C=O) groups is 1. The van der Waals surface area contributed by atoms with Crippen LogP contribution in [0.4, 0.5) is 4.39 Å². The topological polar surface area (TPSA) is 50.2 Å². The molecule has 2 aliphatic rings. The summed E-state index contributed by atoms with van der Waals surface area (Å²) in [6.07, 6.45) is 3.53. The number of carbonyl (C=O) groups excluding carboxylic acids is 1. The number of hydrogen-bond acceptors (Lipinski definition) is 3. The molecule has 1 unspecified atom stereocenters. The summed E-state index contributed by atoms with van der Waals surface area (Å²) in [5.41, 5.74) is 1.91. The third kappa shape index (κ3) is 3.62. The standard InChI is InChI=1S/C19H22ClFN4O/c1-12-17(19(26)22-15-8-9-24(11-15)16-6-7-16)18(20)25(23-12)10-13-2-4-14(21)5-3-13/h2-5,15-16H,6-11H2,1H3,(H,22,26). The normalized spacial score (nSPS) is 20.5. The maximum Gasteiger partial charge on any atom is 0.256 e. The summed E-state index contributed by atoms with van der Waals surface area (Å²) in [6.45, 7) is 4.14. The second kappa shape index (κ2) is 7.00. The summed E-state index contributed by atoms with van der Waals surface area (Å²) in [6, 6.07) is 7.07. The van der Waals surface area contributed by atoms with Crippen molar-refractivity contribution >= 4 is 17.5 Å². The number of halogens is 2. The Labute approximate surface area is 157 Å². The predicted molar refractivity (Wildman–Crippen MR) is 97.9 cm³/mol. The number of benzene rings is 1. The first kappa shape index (κ1) is 17.5. The van der Waals surface area contributed by atoms with E-state index in [1.807, 2.05) is 0 Å². The molecule has 26 heavy (non-hydrogen) atoms. The molecule has 1 aliphatic carbocycles. The van der Waals surface area contributed by atoms with Gasteiger partial charge in [-0.1, -0.05) is 23.7 Å². The molecule has 2 aromatic rings. The maximum atomic E-state index is 13.0. The molecule has 2 heterocycles. The highest BCUT2D eigenvalue weighted by molar-refractivity contribution is 6.33. The lowest BCUT2D eigenvalue weighted by atomic mass is 10.2. The second-order valence-electron chi connectivity index (χ2n) is 7.22. The average Bonchev–Trinajstić information content (AvgIpc) is 3.29. The smallest absolute Gasteiger partial charge is 0.256 e. The van der Waals surface area contributed by atoms with E-state index in [9.17, 15) is 9.18 Å². The van der Waals surface area contributed by atoms with E-state index < -0.39 is 0 Å². The van der Waals surface area contributed by atoms with Gasteiger partial charge in [-0.25, -0.2) is 9.07 Å². The lowest BCUT2D eigenvalue weighted by molar-refractivity contribution is 0.0937. The molecule has 4 rings (SSSR count). The van der Waals surface area contributed by atoms with Gasteiger partial charge < -0.3 is 5.32 Å². The van der Waals surface area contributed by atoms with Gasteiger partial charge in [0.25, 0.3) is 5.91 Å². The van der Waals surface area contributed by atoms with Crippen molar-refractivity contribution in [2.45, 2.75) is 44.8 Å². The molecular weight excluding hydrogens is 355 g/mol. The van der Waals surface area contributed by atoms with E-state index in [2.05, 4.69) is 15.3 Å². The lowest BCUT2D eigenvalue weighted by Gasteiger charge is -2.15. The molecule has 7 heteroatoms. The summed E-state index contributed by atoms with van der Waals surface area (Å²) in [5, 5.41) is 7.82. The molecule has 1 atom stereocenters. The first-order valence-electron chi connectivity index (χ1n) is 9.03. The largest absolute Gasteiger partial charge is 0.348 e. The molecule has 1 aromatic heterocycles. The fourth-order valence-electron chi connectivity index (χ4n) is 3.61. The van der Waals surface area contributed by atoms with Gasteiger partial charge in [0.1, 0.15) is 11.0 Å². The summed E-state index contributed by atoms with van der Waals surface area (Å²) in [4.78, 5) is 15.2. The van der Waals surface area contributed by atoms with E-state index in [0.29, 0.717) is 23.0 Å². The van der Waals surface area contributed by atoms with Gasteiger partial charge in [-0.2, -0.15) is 5.10 Å². The van der Waals surface area contributed by atoms with Crippen molar-refractivity contribution in [2.24, 2.45) is 0 Å². The molecule has 1 saturated heterocycles. The van der Waals surface area contributed by atoms with E-state index in [1.54, 1.807) is 23.7 Å². The van der Waals surface area contributed by atoms with Crippen LogP contribution in [0, 0.1) is 12.7 Å². The molecule has 0 spiro atoms. The van der Waals surface area contributed by atoms with Crippen molar-refractivity contribution in [3.05, 3.63) is 52.1 Å². The zero-order chi connectivity index (χ0) is 18.3. The Hall–Kier alpha value is -1.92. The van der Waals surface area contributed by atoms with Crippen LogP contribution in [0.3, 0.4) is 0 Å². The van der Waals surface area contributed by atoms with Crippen LogP contribution in [-0.4, -0.2) is 45.8 Å². The minimum atomic E-state index is -0.284. The number of likely N-dealkylation sites (tertiary alicyclic amines) is 1. The molecule has 1 N–H and O–H groups in total. The van der Waals surface area contributed by atoms with Crippen LogP contribution in [0.2, 0.25) is 5.15 Å². The average molecular weight is 377 g/mol. The summed E-state index contributed by atoms with van der Waals surface area (Å²) >= 11 is 6.44. The number of hydrogen-bond donors (Lipinski definition) is 1. The van der Waals surface area contributed by atoms with Crippen LogP contribution in [0.5, 0.6) is 0 Å². The summed E-state index contributed by atoms with van der Waals surface area (Å²) in [7, 11) is 0. The number of nitrogens with one attached hydrogen (secondary N) is 1. The second-order valence-corrected chi connectivity index (χ2v) is 7.58. The Morgan fingerprint density at radius 1 is 1.31 bits per heavy atom. The fraction of sp³-hybridized carbons (Fsp3) is 0.474. The highest BCUT2D eigenvalue weighted by atomic mass is 35.5. The third-order valence-electron chi connectivity index (χ3n) is 5.16. The Morgan fingerprint density at radius 3 is 2.73 bits per heavy atom. The van der Waals surface area contributed by atoms with Crippen LogP contribution < -0.4 is 5.32 Å². The minimum Gasteiger partial charge on any atom is -0.348 e. The van der Waals surface area contributed by atoms with Crippen LogP contribution in [0.25, 0.3) is 0 Å². The highest BCUT2D eigenvalue weighted by Crippen LogP contribution is 2.30. The molecule has 2 fully saturated rings. The quantitative estimate of drug-likeness (QED) is 0.872. The zero-order valence-corrected chi connectivity index (χ0v) is 15.5. The predicted octanol–water partition coefficient (Wildman–Crippen LogP) is 3.00. The molecule has 1 aliphatic heterocycles. The molecule has 1 saturated carbocycles. The molecule has 0 bridgehead atoms. The third-order valence-corrected chi connectivity index (χ3v) is 5.54. The Kier molecular flexibility index (Phi) is 4.71. The van der Waals surface area contributed by atoms with Crippen LogP contribution in [0.1, 0.15) is 40.9 Å². The molecular formula is C19H22ClFN4O. The SMILES string of the molecule is Cc1nn(Cc2ccc(F)cc2)c(Cl)c1C(=O)NC1CCN(C2CC2)C1. The lowest BCUT2D eigenvalue weighted by Crippen LogP contribution is -2.37. The monoisotopic (exact) mass is 376 g/mol. The number of aromatic nitrogens is 2. The van der Waals surface area contributed by atoms with Crippen molar-refractivity contribution in [2.75, 3.05) is 13.1 Å². The molecule has 138 valence electrons. The van der Waals surface area contributed by atoms with E-state index in [-0.39, 0.29) is 17.8 Å². The summed E-state index contributed by atoms with van der Waals surface area (Å²) < 4.78 is 14.6. The van der Waals surface area contributed by atoms with Gasteiger partial charge in [-0.15, -0.1) is 0 Å². The van der Waals surface area contributed by atoms with Crippen LogP contribution in [0.15, 0.2) is 24.3 Å².